The summed E-state index contributed by atoms with van der Waals surface area (Å²) in [6.07, 6.45) is 4.90. The number of carbonyl (C=O) groups is 3. The molecule has 9 heteroatoms. The number of aromatic hydroxyl groups is 1. The lowest BCUT2D eigenvalue weighted by Gasteiger charge is -2.17. The number of phenols is 1. The lowest BCUT2D eigenvalue weighted by Crippen LogP contribution is -2.32. The van der Waals surface area contributed by atoms with E-state index in [2.05, 4.69) is 5.32 Å². The Morgan fingerprint density at radius 1 is 1.03 bits per heavy atom. The first-order chi connectivity index (χ1) is 14.8. The maximum Gasteiger partial charge on any atom is 0.271 e. The van der Waals surface area contributed by atoms with E-state index in [0.29, 0.717) is 5.69 Å². The summed E-state index contributed by atoms with van der Waals surface area (Å²) in [7, 11) is 0. The van der Waals surface area contributed by atoms with Crippen LogP contribution in [-0.2, 0) is 9.59 Å². The van der Waals surface area contributed by atoms with Gasteiger partial charge in [-0.05, 0) is 48.6 Å². The number of benzene rings is 2. The predicted molar refractivity (Wildman–Crippen MR) is 109 cm³/mol. The number of rotatable bonds is 4. The second kappa shape index (κ2) is 6.76. The fraction of sp³-hybridized carbons (Fsp3) is 0.227. The van der Waals surface area contributed by atoms with Crippen molar-refractivity contribution in [2.24, 2.45) is 23.7 Å². The minimum atomic E-state index is -0.634. The van der Waals surface area contributed by atoms with E-state index in [1.807, 2.05) is 12.2 Å². The highest BCUT2D eigenvalue weighted by atomic mass is 16.6. The first-order valence-electron chi connectivity index (χ1n) is 9.80. The highest BCUT2D eigenvalue weighted by molar-refractivity contribution is 6.23. The van der Waals surface area contributed by atoms with Gasteiger partial charge in [-0.2, -0.15) is 0 Å². The van der Waals surface area contributed by atoms with Crippen LogP contribution in [0.5, 0.6) is 5.75 Å². The molecule has 9 nitrogen and oxygen atoms in total. The maximum atomic E-state index is 12.9. The highest BCUT2D eigenvalue weighted by Crippen LogP contribution is 2.53. The molecule has 5 rings (SSSR count). The Morgan fingerprint density at radius 3 is 2.23 bits per heavy atom. The Balaban J connectivity index is 1.35. The van der Waals surface area contributed by atoms with Gasteiger partial charge in [0.25, 0.3) is 11.6 Å². The fourth-order valence-electron chi connectivity index (χ4n) is 4.85. The van der Waals surface area contributed by atoms with Crippen LogP contribution in [0.15, 0.2) is 54.6 Å². The summed E-state index contributed by atoms with van der Waals surface area (Å²) >= 11 is 0. The number of phenolic OH excluding ortho intramolecular Hbond substituents is 1. The molecule has 1 heterocycles. The number of nitrogens with one attached hydrogen (secondary N) is 1. The summed E-state index contributed by atoms with van der Waals surface area (Å²) < 4.78 is 0. The molecule has 2 bridgehead atoms. The van der Waals surface area contributed by atoms with Gasteiger partial charge < -0.3 is 10.4 Å². The SMILES string of the molecule is O=C(Nc1cc([N+](=O)[O-])ccc1O)c1ccc(N2C(=O)[C@@H]3[C@H](C2=O)[C@H]2C=C[C@H]3C2)cc1. The third kappa shape index (κ3) is 2.89. The number of carbonyl (C=O) groups excluding carboxylic acids is 3. The van der Waals surface area contributed by atoms with E-state index in [1.165, 1.54) is 29.2 Å². The monoisotopic (exact) mass is 419 g/mol. The summed E-state index contributed by atoms with van der Waals surface area (Å²) in [4.78, 5) is 49.7. The summed E-state index contributed by atoms with van der Waals surface area (Å²) in [5.41, 5.74) is 0.238. The number of fused-ring (bicyclic) bond motifs is 5. The first-order valence-corrected chi connectivity index (χ1v) is 9.80. The van der Waals surface area contributed by atoms with Crippen LogP contribution in [0, 0.1) is 33.8 Å². The van der Waals surface area contributed by atoms with E-state index >= 15 is 0 Å². The van der Waals surface area contributed by atoms with E-state index in [-0.39, 0.29) is 58.2 Å². The van der Waals surface area contributed by atoms with Gasteiger partial charge in [0.05, 0.1) is 28.1 Å². The molecule has 0 aromatic heterocycles. The average Bonchev–Trinajstić information content (AvgIpc) is 3.43. The zero-order chi connectivity index (χ0) is 21.9. The van der Waals surface area contributed by atoms with E-state index in [9.17, 15) is 29.6 Å². The molecule has 4 atom stereocenters. The van der Waals surface area contributed by atoms with Crippen molar-refractivity contribution in [2.45, 2.75) is 6.42 Å². The molecule has 2 aromatic carbocycles. The number of hydrogen-bond acceptors (Lipinski definition) is 6. The summed E-state index contributed by atoms with van der Waals surface area (Å²) in [6.45, 7) is 0. The smallest absolute Gasteiger partial charge is 0.271 e. The van der Waals surface area contributed by atoms with Crippen LogP contribution in [0.3, 0.4) is 0 Å². The second-order valence-corrected chi connectivity index (χ2v) is 7.97. The third-order valence-corrected chi connectivity index (χ3v) is 6.30. The molecule has 0 radical (unpaired) electrons. The fourth-order valence-corrected chi connectivity index (χ4v) is 4.85. The van der Waals surface area contributed by atoms with E-state index in [1.54, 1.807) is 0 Å². The topological polar surface area (TPSA) is 130 Å². The molecule has 1 aliphatic heterocycles. The molecule has 2 aliphatic carbocycles. The number of allylic oxidation sites excluding steroid dienone is 2. The van der Waals surface area contributed by atoms with Crippen LogP contribution in [0.1, 0.15) is 16.8 Å². The van der Waals surface area contributed by atoms with Gasteiger partial charge >= 0.3 is 0 Å². The third-order valence-electron chi connectivity index (χ3n) is 6.30. The van der Waals surface area contributed by atoms with Gasteiger partial charge in [-0.15, -0.1) is 0 Å². The van der Waals surface area contributed by atoms with Crippen molar-refractivity contribution >= 4 is 34.8 Å². The number of anilines is 2. The van der Waals surface area contributed by atoms with Crippen LogP contribution in [0.25, 0.3) is 0 Å². The average molecular weight is 419 g/mol. The molecule has 1 saturated carbocycles. The lowest BCUT2D eigenvalue weighted by molar-refractivity contribution is -0.384. The molecule has 2 N–H and O–H groups in total. The van der Waals surface area contributed by atoms with Gasteiger partial charge in [-0.3, -0.25) is 29.4 Å². The molecular weight excluding hydrogens is 402 g/mol. The van der Waals surface area contributed by atoms with Gasteiger partial charge in [0.2, 0.25) is 11.8 Å². The molecule has 156 valence electrons. The Hall–Kier alpha value is -4.01. The molecule has 0 unspecified atom stereocenters. The van der Waals surface area contributed by atoms with Crippen molar-refractivity contribution in [3.63, 3.8) is 0 Å². The lowest BCUT2D eigenvalue weighted by atomic mass is 9.85. The Morgan fingerprint density at radius 2 is 1.65 bits per heavy atom. The minimum absolute atomic E-state index is 0.0935. The zero-order valence-corrected chi connectivity index (χ0v) is 16.1. The highest BCUT2D eigenvalue weighted by Gasteiger charge is 2.59. The molecule has 2 fully saturated rings. The van der Waals surface area contributed by atoms with Crippen LogP contribution >= 0.6 is 0 Å². The van der Waals surface area contributed by atoms with Crippen LogP contribution in [0.2, 0.25) is 0 Å². The Kier molecular flexibility index (Phi) is 4.14. The first kappa shape index (κ1) is 19.0. The number of nitro benzene ring substituents is 1. The van der Waals surface area contributed by atoms with Crippen molar-refractivity contribution in [3.8, 4) is 5.75 Å². The molecule has 2 aromatic rings. The molecule has 3 amide bonds. The Labute approximate surface area is 176 Å². The molecule has 31 heavy (non-hydrogen) atoms. The van der Waals surface area contributed by atoms with Crippen molar-refractivity contribution in [1.82, 2.24) is 0 Å². The largest absolute Gasteiger partial charge is 0.506 e. The maximum absolute atomic E-state index is 12.9. The van der Waals surface area contributed by atoms with Gasteiger partial charge in [0, 0.05) is 17.7 Å². The molecule has 3 aliphatic rings. The molecular formula is C22H17N3O6. The summed E-state index contributed by atoms with van der Waals surface area (Å²) in [5, 5.41) is 23.2. The number of non-ortho nitro benzene ring substituents is 1. The molecule has 0 spiro atoms. The van der Waals surface area contributed by atoms with Crippen molar-refractivity contribution in [2.75, 3.05) is 10.2 Å². The number of amides is 3. The molecule has 1 saturated heterocycles. The van der Waals surface area contributed by atoms with Crippen molar-refractivity contribution in [1.29, 1.82) is 0 Å². The van der Waals surface area contributed by atoms with E-state index in [0.717, 1.165) is 24.6 Å². The summed E-state index contributed by atoms with van der Waals surface area (Å²) in [6, 6.07) is 9.27. The van der Waals surface area contributed by atoms with Crippen LogP contribution in [-0.4, -0.2) is 27.8 Å². The minimum Gasteiger partial charge on any atom is -0.506 e. The number of imide groups is 1. The van der Waals surface area contributed by atoms with Gasteiger partial charge in [0.15, 0.2) is 0 Å². The number of nitrogens with zero attached hydrogens (tertiary/aromatic N) is 2. The van der Waals surface area contributed by atoms with Gasteiger partial charge in [0.1, 0.15) is 5.75 Å². The van der Waals surface area contributed by atoms with Crippen molar-refractivity contribution < 1.29 is 24.4 Å². The van der Waals surface area contributed by atoms with E-state index < -0.39 is 10.8 Å². The standard InChI is InChI=1S/C22H17N3O6/c26-17-8-7-15(25(30)31)10-16(17)23-20(27)11-3-5-14(6-4-11)24-21(28)18-12-1-2-13(9-12)19(18)22(24)29/h1-8,10,12-13,18-19,26H,9H2,(H,23,27)/t12-,13-,18-,19+/m0/s1. The normalized spacial score (nSPS) is 25.7. The predicted octanol–water partition coefficient (Wildman–Crippen LogP) is 2.86. The van der Waals surface area contributed by atoms with Crippen LogP contribution in [0.4, 0.5) is 17.1 Å². The number of hydrogen-bond donors (Lipinski definition) is 2. The van der Waals surface area contributed by atoms with Crippen molar-refractivity contribution in [3.05, 3.63) is 70.3 Å². The second-order valence-electron chi connectivity index (χ2n) is 7.97. The van der Waals surface area contributed by atoms with Gasteiger partial charge in [-0.1, -0.05) is 12.2 Å². The number of nitro groups is 1. The summed E-state index contributed by atoms with van der Waals surface area (Å²) in [5.74, 6) is -1.69. The Bertz CT molecular complexity index is 1140. The zero-order valence-electron chi connectivity index (χ0n) is 16.1. The van der Waals surface area contributed by atoms with Crippen LogP contribution < -0.4 is 10.2 Å². The quantitative estimate of drug-likeness (QED) is 0.258. The van der Waals surface area contributed by atoms with E-state index in [4.69, 9.17) is 0 Å². The van der Waals surface area contributed by atoms with Gasteiger partial charge in [-0.25, -0.2) is 0 Å².